The van der Waals surface area contributed by atoms with Crippen LogP contribution in [0, 0.1) is 0 Å². The highest BCUT2D eigenvalue weighted by molar-refractivity contribution is 6.30. The monoisotopic (exact) mass is 414 g/mol. The lowest BCUT2D eigenvalue weighted by Crippen LogP contribution is -2.28. The van der Waals surface area contributed by atoms with Crippen molar-refractivity contribution in [3.8, 4) is 0 Å². The summed E-state index contributed by atoms with van der Waals surface area (Å²) in [6, 6.07) is 17.8. The standard InChI is InChI=1S/C24H19ClN4O/c1-15-13-18-6-2-3-8-20(18)29(15)24-27-22-21(23(30)28-24)17(11-12-26-22)10-9-16-5-4-7-19(25)14-16/h2-12,14-15H,13H2,1H3,(H,26,27,28,30)/b10-9+/t15-/m1/s1. The second-order valence-corrected chi connectivity index (χ2v) is 7.86. The first kappa shape index (κ1) is 18.6. The Hall–Kier alpha value is -3.44. The Labute approximate surface area is 178 Å². The number of aromatic amines is 1. The number of hydrogen-bond donors (Lipinski definition) is 1. The Morgan fingerprint density at radius 2 is 2.00 bits per heavy atom. The number of nitrogens with one attached hydrogen (secondary N) is 1. The minimum Gasteiger partial charge on any atom is -0.309 e. The van der Waals surface area contributed by atoms with E-state index in [1.807, 2.05) is 54.6 Å². The fourth-order valence-corrected chi connectivity index (χ4v) is 4.21. The number of halogens is 1. The van der Waals surface area contributed by atoms with E-state index in [1.165, 1.54) is 5.56 Å². The van der Waals surface area contributed by atoms with Crippen LogP contribution in [-0.2, 0) is 6.42 Å². The van der Waals surface area contributed by atoms with Crippen LogP contribution in [0.2, 0.25) is 5.02 Å². The van der Waals surface area contributed by atoms with Gasteiger partial charge in [-0.1, -0.05) is 54.1 Å². The molecule has 1 N–H and O–H groups in total. The zero-order valence-electron chi connectivity index (χ0n) is 16.3. The number of hydrogen-bond acceptors (Lipinski definition) is 4. The number of pyridine rings is 1. The third kappa shape index (κ3) is 3.27. The molecule has 3 heterocycles. The third-order valence-electron chi connectivity index (χ3n) is 5.37. The highest BCUT2D eigenvalue weighted by Gasteiger charge is 2.28. The molecule has 0 spiro atoms. The van der Waals surface area contributed by atoms with Gasteiger partial charge >= 0.3 is 0 Å². The summed E-state index contributed by atoms with van der Waals surface area (Å²) in [7, 11) is 0. The van der Waals surface area contributed by atoms with Crippen LogP contribution in [0.25, 0.3) is 23.2 Å². The van der Waals surface area contributed by atoms with Gasteiger partial charge in [0.25, 0.3) is 5.56 Å². The van der Waals surface area contributed by atoms with E-state index in [0.717, 1.165) is 23.2 Å². The summed E-state index contributed by atoms with van der Waals surface area (Å²) < 4.78 is 0. The third-order valence-corrected chi connectivity index (χ3v) is 5.60. The van der Waals surface area contributed by atoms with Gasteiger partial charge in [0.15, 0.2) is 5.65 Å². The van der Waals surface area contributed by atoms with Crippen molar-refractivity contribution in [2.24, 2.45) is 0 Å². The molecule has 0 fully saturated rings. The van der Waals surface area contributed by atoms with E-state index in [-0.39, 0.29) is 11.6 Å². The van der Waals surface area contributed by atoms with E-state index >= 15 is 0 Å². The fraction of sp³-hybridized carbons (Fsp3) is 0.125. The highest BCUT2D eigenvalue weighted by atomic mass is 35.5. The van der Waals surface area contributed by atoms with Crippen LogP contribution < -0.4 is 10.5 Å². The van der Waals surface area contributed by atoms with Gasteiger partial charge in [0.2, 0.25) is 5.95 Å². The number of para-hydroxylation sites is 1. The zero-order valence-corrected chi connectivity index (χ0v) is 17.1. The van der Waals surface area contributed by atoms with E-state index in [2.05, 4.69) is 33.9 Å². The van der Waals surface area contributed by atoms with Crippen molar-refractivity contribution < 1.29 is 0 Å². The van der Waals surface area contributed by atoms with Crippen LogP contribution >= 0.6 is 11.6 Å². The van der Waals surface area contributed by atoms with Gasteiger partial charge in [0.05, 0.1) is 5.39 Å². The fourth-order valence-electron chi connectivity index (χ4n) is 4.01. The molecule has 1 aliphatic heterocycles. The molecule has 0 bridgehead atoms. The molecule has 4 aromatic rings. The minimum atomic E-state index is -0.203. The van der Waals surface area contributed by atoms with Crippen molar-refractivity contribution in [1.82, 2.24) is 15.0 Å². The van der Waals surface area contributed by atoms with E-state index in [4.69, 9.17) is 16.6 Å². The molecule has 1 aliphatic rings. The Balaban J connectivity index is 1.59. The average Bonchev–Trinajstić information content (AvgIpc) is 3.07. The van der Waals surface area contributed by atoms with Crippen molar-refractivity contribution in [1.29, 1.82) is 0 Å². The van der Waals surface area contributed by atoms with E-state index in [1.54, 1.807) is 6.20 Å². The number of rotatable bonds is 3. The lowest BCUT2D eigenvalue weighted by molar-refractivity contribution is 0.740. The van der Waals surface area contributed by atoms with Crippen molar-refractivity contribution >= 4 is 46.4 Å². The number of H-pyrrole nitrogens is 1. The average molecular weight is 415 g/mol. The normalized spacial score (nSPS) is 15.8. The Morgan fingerprint density at radius 1 is 1.13 bits per heavy atom. The van der Waals surface area contributed by atoms with Gasteiger partial charge in [-0.25, -0.2) is 4.98 Å². The Bertz CT molecular complexity index is 1340. The first-order chi connectivity index (χ1) is 14.6. The molecule has 0 amide bonds. The summed E-state index contributed by atoms with van der Waals surface area (Å²) in [6.45, 7) is 2.13. The van der Waals surface area contributed by atoms with Gasteiger partial charge in [-0.2, -0.15) is 4.98 Å². The van der Waals surface area contributed by atoms with Gasteiger partial charge in [-0.05, 0) is 54.3 Å². The van der Waals surface area contributed by atoms with Crippen molar-refractivity contribution in [2.75, 3.05) is 4.90 Å². The molecule has 0 saturated carbocycles. The number of anilines is 2. The minimum absolute atomic E-state index is 0.203. The smallest absolute Gasteiger partial charge is 0.262 e. The number of fused-ring (bicyclic) bond motifs is 2. The van der Waals surface area contributed by atoms with E-state index in [9.17, 15) is 4.79 Å². The van der Waals surface area contributed by atoms with Crippen LogP contribution in [0.15, 0.2) is 65.6 Å². The largest absolute Gasteiger partial charge is 0.309 e. The van der Waals surface area contributed by atoms with Crippen molar-refractivity contribution in [2.45, 2.75) is 19.4 Å². The summed E-state index contributed by atoms with van der Waals surface area (Å²) in [5, 5.41) is 1.14. The summed E-state index contributed by atoms with van der Waals surface area (Å²) in [5.41, 5.74) is 4.26. The molecular formula is C24H19ClN4O. The van der Waals surface area contributed by atoms with Gasteiger partial charge in [-0.3, -0.25) is 9.78 Å². The Morgan fingerprint density at radius 3 is 2.87 bits per heavy atom. The SMILES string of the molecule is C[C@@H]1Cc2ccccc2N1c1nc2nccc(/C=C/c3cccc(Cl)c3)c2c(=O)[nH]1. The second kappa shape index (κ2) is 7.43. The maximum atomic E-state index is 13.0. The quantitative estimate of drug-likeness (QED) is 0.499. The molecule has 30 heavy (non-hydrogen) atoms. The lowest BCUT2D eigenvalue weighted by atomic mass is 10.1. The molecule has 5 rings (SSSR count). The zero-order chi connectivity index (χ0) is 20.7. The second-order valence-electron chi connectivity index (χ2n) is 7.43. The highest BCUT2D eigenvalue weighted by Crippen LogP contribution is 2.36. The summed E-state index contributed by atoms with van der Waals surface area (Å²) in [4.78, 5) is 27.2. The first-order valence-electron chi connectivity index (χ1n) is 9.80. The van der Waals surface area contributed by atoms with Gasteiger partial charge < -0.3 is 4.90 Å². The molecule has 148 valence electrons. The van der Waals surface area contributed by atoms with Crippen molar-refractivity contribution in [3.63, 3.8) is 0 Å². The first-order valence-corrected chi connectivity index (χ1v) is 10.2. The summed E-state index contributed by atoms with van der Waals surface area (Å²) in [5.74, 6) is 0.522. The van der Waals surface area contributed by atoms with Gasteiger partial charge in [0, 0.05) is 22.9 Å². The van der Waals surface area contributed by atoms with Crippen LogP contribution in [0.1, 0.15) is 23.6 Å². The maximum Gasteiger partial charge on any atom is 0.262 e. The number of aromatic nitrogens is 3. The van der Waals surface area contributed by atoms with Gasteiger partial charge in [-0.15, -0.1) is 0 Å². The van der Waals surface area contributed by atoms with Gasteiger partial charge in [0.1, 0.15) is 0 Å². The molecule has 2 aromatic heterocycles. The molecule has 0 unspecified atom stereocenters. The molecule has 0 radical (unpaired) electrons. The molecular weight excluding hydrogens is 396 g/mol. The van der Waals surface area contributed by atoms with E-state index < -0.39 is 0 Å². The molecule has 0 aliphatic carbocycles. The molecule has 5 nitrogen and oxygen atoms in total. The molecule has 6 heteroatoms. The van der Waals surface area contributed by atoms with E-state index in [0.29, 0.717) is 22.0 Å². The van der Waals surface area contributed by atoms with Crippen LogP contribution in [0.4, 0.5) is 11.6 Å². The molecule has 0 saturated heterocycles. The lowest BCUT2D eigenvalue weighted by Gasteiger charge is -2.23. The number of benzene rings is 2. The van der Waals surface area contributed by atoms with Crippen LogP contribution in [0.5, 0.6) is 0 Å². The summed E-state index contributed by atoms with van der Waals surface area (Å²) >= 11 is 6.06. The maximum absolute atomic E-state index is 13.0. The molecule has 1 atom stereocenters. The topological polar surface area (TPSA) is 61.9 Å². The van der Waals surface area contributed by atoms with Crippen molar-refractivity contribution in [3.05, 3.63) is 92.9 Å². The number of nitrogens with zero attached hydrogens (tertiary/aromatic N) is 3. The predicted octanol–water partition coefficient (Wildman–Crippen LogP) is 5.22. The predicted molar refractivity (Wildman–Crippen MR) is 122 cm³/mol. The molecule has 2 aromatic carbocycles. The Kier molecular flexibility index (Phi) is 4.60. The summed E-state index contributed by atoms with van der Waals surface area (Å²) in [6.07, 6.45) is 6.40. The van der Waals surface area contributed by atoms with Crippen LogP contribution in [-0.4, -0.2) is 21.0 Å². The van der Waals surface area contributed by atoms with Crippen LogP contribution in [0.3, 0.4) is 0 Å².